The Morgan fingerprint density at radius 1 is 1.05 bits per heavy atom. The Bertz CT molecular complexity index is 1330. The number of amides is 1. The van der Waals surface area contributed by atoms with Gasteiger partial charge in [-0.25, -0.2) is 15.1 Å². The zero-order chi connectivity index (χ0) is 27.7. The Labute approximate surface area is 215 Å². The monoisotopic (exact) mass is 561 g/mol. The zero-order valence-electron chi connectivity index (χ0n) is 19.7. The fraction of sp³-hybridized carbons (Fsp3) is 0.409. The molecule has 1 amide bonds. The van der Waals surface area contributed by atoms with E-state index >= 15 is 0 Å². The number of carbonyl (C=O) groups excluding carboxylic acids is 1. The first-order valence-electron chi connectivity index (χ1n) is 11.3. The van der Waals surface area contributed by atoms with Gasteiger partial charge in [0, 0.05) is 55.9 Å². The normalized spacial score (nSPS) is 15.4. The van der Waals surface area contributed by atoms with Gasteiger partial charge in [-0.2, -0.15) is 31.4 Å². The first kappa shape index (κ1) is 27.3. The van der Waals surface area contributed by atoms with Crippen LogP contribution < -0.4 is 15.8 Å². The molecule has 3 aromatic heterocycles. The van der Waals surface area contributed by atoms with Crippen molar-refractivity contribution in [2.45, 2.75) is 31.7 Å². The van der Waals surface area contributed by atoms with Crippen LogP contribution in [0.25, 0.3) is 0 Å². The number of anilines is 2. The van der Waals surface area contributed by atoms with E-state index in [0.29, 0.717) is 37.5 Å². The fourth-order valence-electron chi connectivity index (χ4n) is 3.91. The van der Waals surface area contributed by atoms with E-state index in [1.807, 2.05) is 0 Å². The predicted octanol–water partition coefficient (Wildman–Crippen LogP) is 3.66. The van der Waals surface area contributed by atoms with Crippen LogP contribution in [0.3, 0.4) is 0 Å². The van der Waals surface area contributed by atoms with Crippen molar-refractivity contribution in [3.05, 3.63) is 62.0 Å². The van der Waals surface area contributed by atoms with Crippen LogP contribution in [0.2, 0.25) is 0 Å². The van der Waals surface area contributed by atoms with Crippen molar-refractivity contribution < 1.29 is 31.1 Å². The van der Waals surface area contributed by atoms with Crippen LogP contribution >= 0.6 is 11.3 Å². The van der Waals surface area contributed by atoms with Crippen molar-refractivity contribution in [2.24, 2.45) is 0 Å². The summed E-state index contributed by atoms with van der Waals surface area (Å²) >= 11 is 1.21. The van der Waals surface area contributed by atoms with Gasteiger partial charge in [0.15, 0.2) is 0 Å². The number of hydrogen-bond donors (Lipinski definition) is 2. The number of rotatable bonds is 6. The Balaban J connectivity index is 1.33. The van der Waals surface area contributed by atoms with Gasteiger partial charge in [-0.1, -0.05) is 0 Å². The largest absolute Gasteiger partial charge is 0.423 e. The summed E-state index contributed by atoms with van der Waals surface area (Å²) in [6.45, 7) is 2.93. The molecule has 1 atom stereocenters. The molecule has 38 heavy (non-hydrogen) atoms. The molecule has 0 aliphatic carbocycles. The minimum Gasteiger partial charge on any atom is -0.380 e. The second kappa shape index (κ2) is 10.6. The molecular formula is C22H21F6N7O2S. The molecule has 4 rings (SSSR count). The van der Waals surface area contributed by atoms with Crippen LogP contribution in [-0.4, -0.2) is 63.2 Å². The van der Waals surface area contributed by atoms with Gasteiger partial charge < -0.3 is 15.1 Å². The third-order valence-corrected chi connectivity index (χ3v) is 6.83. The first-order valence-corrected chi connectivity index (χ1v) is 12.1. The van der Waals surface area contributed by atoms with E-state index in [0.717, 1.165) is 23.5 Å². The van der Waals surface area contributed by atoms with Gasteiger partial charge in [0.2, 0.25) is 5.95 Å². The van der Waals surface area contributed by atoms with E-state index < -0.39 is 40.8 Å². The van der Waals surface area contributed by atoms with Gasteiger partial charge in [-0.15, -0.1) is 11.3 Å². The Morgan fingerprint density at radius 3 is 2.32 bits per heavy atom. The summed E-state index contributed by atoms with van der Waals surface area (Å²) in [5.41, 5.74) is -4.08. The summed E-state index contributed by atoms with van der Waals surface area (Å²) in [6.07, 6.45) is -6.75. The van der Waals surface area contributed by atoms with E-state index in [1.54, 1.807) is 34.0 Å². The molecule has 16 heteroatoms. The summed E-state index contributed by atoms with van der Waals surface area (Å²) in [5, 5.41) is 7.88. The van der Waals surface area contributed by atoms with Gasteiger partial charge in [0.25, 0.3) is 11.5 Å². The van der Waals surface area contributed by atoms with Crippen LogP contribution in [0, 0.1) is 0 Å². The molecule has 0 unspecified atom stereocenters. The van der Waals surface area contributed by atoms with E-state index in [-0.39, 0.29) is 11.9 Å². The zero-order valence-corrected chi connectivity index (χ0v) is 20.5. The van der Waals surface area contributed by atoms with Gasteiger partial charge in [-0.3, -0.25) is 9.59 Å². The summed E-state index contributed by atoms with van der Waals surface area (Å²) in [4.78, 5) is 36.6. The minimum absolute atomic E-state index is 0.147. The molecule has 1 saturated heterocycles. The van der Waals surface area contributed by atoms with E-state index in [2.05, 4.69) is 20.4 Å². The van der Waals surface area contributed by atoms with Crippen LogP contribution in [0.1, 0.15) is 32.6 Å². The van der Waals surface area contributed by atoms with Crippen molar-refractivity contribution in [1.82, 2.24) is 25.1 Å². The molecule has 4 heterocycles. The fourth-order valence-corrected chi connectivity index (χ4v) is 5.01. The Kier molecular flexibility index (Phi) is 7.62. The maximum absolute atomic E-state index is 13.3. The van der Waals surface area contributed by atoms with Crippen LogP contribution in [0.4, 0.5) is 38.0 Å². The van der Waals surface area contributed by atoms with Crippen molar-refractivity contribution in [2.75, 3.05) is 36.4 Å². The molecule has 2 N–H and O–H groups in total. The third kappa shape index (κ3) is 6.23. The third-order valence-electron chi connectivity index (χ3n) is 5.74. The summed E-state index contributed by atoms with van der Waals surface area (Å²) < 4.78 is 77.9. The Morgan fingerprint density at radius 2 is 1.71 bits per heavy atom. The Hall–Kier alpha value is -3.69. The van der Waals surface area contributed by atoms with Crippen LogP contribution in [-0.2, 0) is 18.8 Å². The second-order valence-corrected chi connectivity index (χ2v) is 9.72. The van der Waals surface area contributed by atoms with Gasteiger partial charge in [0.1, 0.15) is 5.56 Å². The lowest BCUT2D eigenvalue weighted by atomic mass is 10.1. The highest BCUT2D eigenvalue weighted by atomic mass is 32.1. The summed E-state index contributed by atoms with van der Waals surface area (Å²) in [6, 6.07) is 2.84. The number of alkyl halides is 6. The predicted molar refractivity (Wildman–Crippen MR) is 126 cm³/mol. The van der Waals surface area contributed by atoms with Gasteiger partial charge in [-0.05, 0) is 19.1 Å². The molecule has 1 fully saturated rings. The molecule has 0 radical (unpaired) electrons. The van der Waals surface area contributed by atoms with Gasteiger partial charge in [0.05, 0.1) is 22.3 Å². The highest BCUT2D eigenvalue weighted by molar-refractivity contribution is 7.14. The smallest absolute Gasteiger partial charge is 0.380 e. The lowest BCUT2D eigenvalue weighted by molar-refractivity contribution is -0.139. The molecular weight excluding hydrogens is 540 g/mol. The number of piperazine rings is 1. The minimum atomic E-state index is -4.86. The quantitative estimate of drug-likeness (QED) is 0.443. The highest BCUT2D eigenvalue weighted by Crippen LogP contribution is 2.32. The van der Waals surface area contributed by atoms with E-state index in [9.17, 15) is 35.9 Å². The van der Waals surface area contributed by atoms with Gasteiger partial charge >= 0.3 is 12.4 Å². The number of aromatic nitrogens is 4. The number of aromatic amines is 1. The van der Waals surface area contributed by atoms with Crippen molar-refractivity contribution >= 4 is 28.9 Å². The molecule has 204 valence electrons. The molecule has 0 aromatic carbocycles. The average Bonchev–Trinajstić information content (AvgIpc) is 3.30. The second-order valence-electron chi connectivity index (χ2n) is 8.55. The maximum atomic E-state index is 13.3. The van der Waals surface area contributed by atoms with Crippen molar-refractivity contribution in [1.29, 1.82) is 0 Å². The number of hydrogen-bond acceptors (Lipinski definition) is 8. The van der Waals surface area contributed by atoms with Crippen molar-refractivity contribution in [3.8, 4) is 0 Å². The summed E-state index contributed by atoms with van der Waals surface area (Å²) in [5.74, 6) is -0.0812. The molecule has 3 aromatic rings. The SMILES string of the molecule is C[C@@H](Cc1ccc(C(=O)N2CCN(c3ncc(C(F)(F)F)cn3)CC2)s1)Nc1cn[nH]c(=O)c1C(F)(F)F. The maximum Gasteiger partial charge on any atom is 0.423 e. The number of halogens is 6. The number of nitrogens with zero attached hydrogens (tertiary/aromatic N) is 5. The first-order chi connectivity index (χ1) is 17.8. The lowest BCUT2D eigenvalue weighted by Crippen LogP contribution is -2.49. The molecule has 1 aliphatic heterocycles. The highest BCUT2D eigenvalue weighted by Gasteiger charge is 2.37. The van der Waals surface area contributed by atoms with Crippen LogP contribution in [0.15, 0.2) is 35.5 Å². The number of H-pyrrole nitrogens is 1. The molecule has 0 bridgehead atoms. The topological polar surface area (TPSA) is 107 Å². The average molecular weight is 562 g/mol. The number of thiophene rings is 1. The molecule has 1 aliphatic rings. The molecule has 0 saturated carbocycles. The number of nitrogens with one attached hydrogen (secondary N) is 2. The van der Waals surface area contributed by atoms with E-state index in [1.165, 1.54) is 11.3 Å². The lowest BCUT2D eigenvalue weighted by Gasteiger charge is -2.34. The van der Waals surface area contributed by atoms with E-state index in [4.69, 9.17) is 0 Å². The molecule has 9 nitrogen and oxygen atoms in total. The number of carbonyl (C=O) groups is 1. The standard InChI is InChI=1S/C22H21F6N7O2S/c1-12(32-15-11-31-33-18(36)17(15)22(26,27)28)8-14-2-3-16(38-14)19(37)34-4-6-35(7-5-34)20-29-9-13(10-30-20)21(23,24)25/h2-3,9-12H,4-8H2,1H3,(H2,32,33,36)/t12-/m0/s1. The summed E-state index contributed by atoms with van der Waals surface area (Å²) in [7, 11) is 0. The molecule has 0 spiro atoms. The van der Waals surface area contributed by atoms with Crippen LogP contribution in [0.5, 0.6) is 0 Å². The van der Waals surface area contributed by atoms with Crippen molar-refractivity contribution in [3.63, 3.8) is 0 Å².